The molecule has 0 radical (unpaired) electrons. The zero-order chi connectivity index (χ0) is 23.1. The summed E-state index contributed by atoms with van der Waals surface area (Å²) in [5, 5.41) is 14.2. The minimum Gasteiger partial charge on any atom is -0.459 e. The van der Waals surface area contributed by atoms with Crippen molar-refractivity contribution in [1.82, 2.24) is 0 Å². The van der Waals surface area contributed by atoms with Crippen LogP contribution in [0.4, 0.5) is 17.1 Å². The van der Waals surface area contributed by atoms with Crippen molar-refractivity contribution in [2.45, 2.75) is 20.0 Å². The number of esters is 1. The van der Waals surface area contributed by atoms with Crippen molar-refractivity contribution in [3.8, 4) is 0 Å². The maximum atomic E-state index is 12.2. The number of benzene rings is 2. The highest BCUT2D eigenvalue weighted by molar-refractivity contribution is 6.02. The maximum absolute atomic E-state index is 12.2. The van der Waals surface area contributed by atoms with Crippen molar-refractivity contribution in [2.75, 3.05) is 36.5 Å². The largest absolute Gasteiger partial charge is 0.459 e. The van der Waals surface area contributed by atoms with Crippen LogP contribution in [0.25, 0.3) is 6.08 Å². The van der Waals surface area contributed by atoms with Gasteiger partial charge in [-0.15, -0.1) is 0 Å². The molecule has 1 aliphatic heterocycles. The van der Waals surface area contributed by atoms with Gasteiger partial charge in [-0.2, -0.15) is 0 Å². The molecule has 1 aliphatic rings. The van der Waals surface area contributed by atoms with E-state index in [9.17, 15) is 19.7 Å². The molecule has 1 saturated heterocycles. The zero-order valence-corrected chi connectivity index (χ0v) is 17.9. The number of amides is 1. The van der Waals surface area contributed by atoms with Gasteiger partial charge < -0.3 is 19.7 Å². The minimum atomic E-state index is -0.431. The van der Waals surface area contributed by atoms with Crippen LogP contribution in [0.3, 0.4) is 0 Å². The number of carbonyl (C=O) groups is 2. The summed E-state index contributed by atoms with van der Waals surface area (Å²) in [6.07, 6.45) is 2.60. The molecule has 1 N–H and O–H groups in total. The van der Waals surface area contributed by atoms with Gasteiger partial charge in [0.25, 0.3) is 5.69 Å². The molecule has 9 heteroatoms. The number of ether oxygens (including phenoxy) is 2. The van der Waals surface area contributed by atoms with Gasteiger partial charge in [-0.3, -0.25) is 14.9 Å². The fraction of sp³-hybridized carbons (Fsp3) is 0.304. The van der Waals surface area contributed by atoms with E-state index >= 15 is 0 Å². The molecule has 0 aromatic heterocycles. The third-order valence-electron chi connectivity index (χ3n) is 4.71. The highest BCUT2D eigenvalue weighted by Gasteiger charge is 2.21. The monoisotopic (exact) mass is 439 g/mol. The molecule has 3 rings (SSSR count). The van der Waals surface area contributed by atoms with E-state index in [1.165, 1.54) is 18.2 Å². The summed E-state index contributed by atoms with van der Waals surface area (Å²) in [7, 11) is 0. The van der Waals surface area contributed by atoms with Gasteiger partial charge >= 0.3 is 5.97 Å². The summed E-state index contributed by atoms with van der Waals surface area (Å²) in [6, 6.07) is 11.2. The highest BCUT2D eigenvalue weighted by atomic mass is 16.6. The number of nitrogens with one attached hydrogen (secondary N) is 1. The van der Waals surface area contributed by atoms with Crippen LogP contribution in [-0.2, 0) is 14.3 Å². The number of hydrogen-bond acceptors (Lipinski definition) is 7. The zero-order valence-electron chi connectivity index (χ0n) is 17.9. The van der Waals surface area contributed by atoms with Gasteiger partial charge in [0.05, 0.1) is 29.8 Å². The number of carbonyl (C=O) groups excluding carboxylic acids is 2. The molecule has 168 valence electrons. The molecule has 0 bridgehead atoms. The Balaban J connectivity index is 1.65. The average molecular weight is 439 g/mol. The lowest BCUT2D eigenvalue weighted by Gasteiger charge is -2.28. The summed E-state index contributed by atoms with van der Waals surface area (Å²) < 4.78 is 10.4. The second-order valence-electron chi connectivity index (χ2n) is 7.46. The lowest BCUT2D eigenvalue weighted by atomic mass is 10.1. The number of nitrogens with zero attached hydrogens (tertiary/aromatic N) is 2. The number of nitro benzene ring substituents is 1. The van der Waals surface area contributed by atoms with Crippen LogP contribution in [0.1, 0.15) is 29.8 Å². The molecular weight excluding hydrogens is 414 g/mol. The van der Waals surface area contributed by atoms with Gasteiger partial charge in [0.2, 0.25) is 5.91 Å². The summed E-state index contributed by atoms with van der Waals surface area (Å²) in [4.78, 5) is 37.1. The van der Waals surface area contributed by atoms with Gasteiger partial charge in [0.15, 0.2) is 0 Å². The van der Waals surface area contributed by atoms with Crippen molar-refractivity contribution in [1.29, 1.82) is 0 Å². The standard InChI is InChI=1S/C23H25N3O6/c1-16(2)32-23(28)18-5-7-19(8-6-18)24-22(27)10-4-17-3-9-20(21(15-17)26(29)30)25-11-13-31-14-12-25/h3-10,15-16H,11-14H2,1-2H3,(H,24,27)/b10-4+. The highest BCUT2D eigenvalue weighted by Crippen LogP contribution is 2.30. The Morgan fingerprint density at radius 3 is 2.47 bits per heavy atom. The predicted octanol–water partition coefficient (Wildman–Crippen LogP) is 3.65. The Kier molecular flexibility index (Phi) is 7.56. The third-order valence-corrected chi connectivity index (χ3v) is 4.71. The molecule has 1 heterocycles. The quantitative estimate of drug-likeness (QED) is 0.303. The Morgan fingerprint density at radius 2 is 1.84 bits per heavy atom. The van der Waals surface area contributed by atoms with E-state index < -0.39 is 16.8 Å². The van der Waals surface area contributed by atoms with Gasteiger partial charge in [0.1, 0.15) is 5.69 Å². The van der Waals surface area contributed by atoms with Gasteiger partial charge in [0, 0.05) is 30.9 Å². The average Bonchev–Trinajstić information content (AvgIpc) is 2.78. The third kappa shape index (κ3) is 6.14. The summed E-state index contributed by atoms with van der Waals surface area (Å²) in [5.41, 5.74) is 1.96. The van der Waals surface area contributed by atoms with E-state index in [0.29, 0.717) is 48.8 Å². The summed E-state index contributed by atoms with van der Waals surface area (Å²) >= 11 is 0. The van der Waals surface area contributed by atoms with Gasteiger partial charge in [-0.25, -0.2) is 4.79 Å². The minimum absolute atomic E-state index is 0.0154. The Morgan fingerprint density at radius 1 is 1.16 bits per heavy atom. The van der Waals surface area contributed by atoms with E-state index in [-0.39, 0.29) is 11.8 Å². The molecule has 0 spiro atoms. The van der Waals surface area contributed by atoms with E-state index in [0.717, 1.165) is 0 Å². The maximum Gasteiger partial charge on any atom is 0.338 e. The molecule has 32 heavy (non-hydrogen) atoms. The fourth-order valence-electron chi connectivity index (χ4n) is 3.19. The molecular formula is C23H25N3O6. The normalized spacial score (nSPS) is 13.9. The van der Waals surface area contributed by atoms with E-state index in [1.807, 2.05) is 4.90 Å². The molecule has 1 fully saturated rings. The van der Waals surface area contributed by atoms with Crippen LogP contribution in [0.2, 0.25) is 0 Å². The van der Waals surface area contributed by atoms with E-state index in [1.54, 1.807) is 50.2 Å². The second kappa shape index (κ2) is 10.5. The molecule has 0 atom stereocenters. The summed E-state index contributed by atoms with van der Waals surface area (Å²) in [5.74, 6) is -0.831. The summed E-state index contributed by atoms with van der Waals surface area (Å²) in [6.45, 7) is 5.77. The van der Waals surface area contributed by atoms with Crippen LogP contribution >= 0.6 is 0 Å². The van der Waals surface area contributed by atoms with E-state index in [4.69, 9.17) is 9.47 Å². The lowest BCUT2D eigenvalue weighted by molar-refractivity contribution is -0.384. The van der Waals surface area contributed by atoms with Crippen LogP contribution in [0.15, 0.2) is 48.5 Å². The van der Waals surface area contributed by atoms with Gasteiger partial charge in [-0.1, -0.05) is 6.07 Å². The Labute approximate surface area is 185 Å². The molecule has 2 aromatic carbocycles. The first-order chi connectivity index (χ1) is 15.3. The van der Waals surface area contributed by atoms with Crippen LogP contribution in [-0.4, -0.2) is 49.2 Å². The first-order valence-electron chi connectivity index (χ1n) is 10.2. The van der Waals surface area contributed by atoms with Crippen molar-refractivity contribution in [2.24, 2.45) is 0 Å². The predicted molar refractivity (Wildman–Crippen MR) is 121 cm³/mol. The fourth-order valence-corrected chi connectivity index (χ4v) is 3.19. The Bertz CT molecular complexity index is 1010. The van der Waals surface area contributed by atoms with Crippen LogP contribution in [0.5, 0.6) is 0 Å². The van der Waals surface area contributed by atoms with Crippen molar-refractivity contribution in [3.63, 3.8) is 0 Å². The number of nitro groups is 1. The first-order valence-corrected chi connectivity index (χ1v) is 10.2. The Hall–Kier alpha value is -3.72. The molecule has 0 unspecified atom stereocenters. The first kappa shape index (κ1) is 23.0. The molecule has 1 amide bonds. The number of anilines is 2. The molecule has 0 aliphatic carbocycles. The number of rotatable bonds is 7. The van der Waals surface area contributed by atoms with Gasteiger partial charge in [-0.05, 0) is 55.8 Å². The topological polar surface area (TPSA) is 111 Å². The molecule has 0 saturated carbocycles. The van der Waals surface area contributed by atoms with Crippen molar-refractivity contribution < 1.29 is 24.0 Å². The smallest absolute Gasteiger partial charge is 0.338 e. The van der Waals surface area contributed by atoms with E-state index in [2.05, 4.69) is 5.32 Å². The number of hydrogen-bond donors (Lipinski definition) is 1. The van der Waals surface area contributed by atoms with Crippen molar-refractivity contribution >= 4 is 35.0 Å². The second-order valence-corrected chi connectivity index (χ2v) is 7.46. The number of morpholine rings is 1. The van der Waals surface area contributed by atoms with Crippen molar-refractivity contribution in [3.05, 3.63) is 69.8 Å². The molecule has 9 nitrogen and oxygen atoms in total. The van der Waals surface area contributed by atoms with Crippen LogP contribution in [0, 0.1) is 10.1 Å². The van der Waals surface area contributed by atoms with Crippen LogP contribution < -0.4 is 10.2 Å². The lowest BCUT2D eigenvalue weighted by Crippen LogP contribution is -2.36. The molecule has 2 aromatic rings. The SMILES string of the molecule is CC(C)OC(=O)c1ccc(NC(=O)/C=C/c2ccc(N3CCOCC3)c([N+](=O)[O-])c2)cc1.